The van der Waals surface area contributed by atoms with E-state index in [1.807, 2.05) is 66.9 Å². The number of nitrogens with zero attached hydrogens (tertiary/aromatic N) is 2. The van der Waals surface area contributed by atoms with Crippen LogP contribution in [0.1, 0.15) is 45.5 Å². The summed E-state index contributed by atoms with van der Waals surface area (Å²) in [7, 11) is 3.29. The zero-order valence-electron chi connectivity index (χ0n) is 23.2. The maximum Gasteiger partial charge on any atom is 0.270 e. The molecule has 40 heavy (non-hydrogen) atoms. The van der Waals surface area contributed by atoms with E-state index < -0.39 is 0 Å². The highest BCUT2D eigenvalue weighted by Crippen LogP contribution is 2.28. The Morgan fingerprint density at radius 2 is 1.65 bits per heavy atom. The van der Waals surface area contributed by atoms with Crippen molar-refractivity contribution in [1.29, 1.82) is 0 Å². The maximum atomic E-state index is 12.9. The summed E-state index contributed by atoms with van der Waals surface area (Å²) in [5.41, 5.74) is 4.06. The number of carbonyl (C=O) groups is 1. The van der Waals surface area contributed by atoms with Crippen molar-refractivity contribution < 1.29 is 14.3 Å². The average Bonchev–Trinajstić information content (AvgIpc) is 3.45. The number of rotatable bonds is 14. The summed E-state index contributed by atoms with van der Waals surface area (Å²) in [5.74, 6) is 1.31. The van der Waals surface area contributed by atoms with E-state index in [4.69, 9.17) is 21.1 Å². The van der Waals surface area contributed by atoms with E-state index >= 15 is 0 Å². The third-order valence-corrected chi connectivity index (χ3v) is 7.80. The number of benzene rings is 3. The fourth-order valence-corrected chi connectivity index (χ4v) is 5.40. The van der Waals surface area contributed by atoms with E-state index in [0.29, 0.717) is 23.0 Å². The Labute approximate surface area is 245 Å². The molecule has 1 amide bonds. The van der Waals surface area contributed by atoms with E-state index in [1.165, 1.54) is 22.5 Å². The lowest BCUT2D eigenvalue weighted by atomic mass is 10.1. The molecular formula is C32H36ClN3O3S. The summed E-state index contributed by atoms with van der Waals surface area (Å²) in [4.78, 5) is 19.9. The van der Waals surface area contributed by atoms with Crippen molar-refractivity contribution in [2.24, 2.45) is 0 Å². The molecule has 4 aromatic rings. The van der Waals surface area contributed by atoms with Gasteiger partial charge < -0.3 is 14.8 Å². The first-order valence-corrected chi connectivity index (χ1v) is 14.7. The number of aryl methyl sites for hydroxylation is 1. The number of hydrogen-bond acceptors (Lipinski definition) is 6. The van der Waals surface area contributed by atoms with Gasteiger partial charge in [0, 0.05) is 29.5 Å². The Hall–Kier alpha value is -3.39. The minimum Gasteiger partial charge on any atom is -0.493 e. The molecule has 8 heteroatoms. The van der Waals surface area contributed by atoms with Crippen LogP contribution in [0.25, 0.3) is 0 Å². The highest BCUT2D eigenvalue weighted by Gasteiger charge is 2.16. The first kappa shape index (κ1) is 29.6. The van der Waals surface area contributed by atoms with Gasteiger partial charge in [0.25, 0.3) is 5.91 Å². The smallest absolute Gasteiger partial charge is 0.270 e. The van der Waals surface area contributed by atoms with Crippen LogP contribution in [0.2, 0.25) is 5.02 Å². The number of halogens is 1. The number of nitrogens with one attached hydrogen (secondary N) is 1. The monoisotopic (exact) mass is 577 g/mol. The Morgan fingerprint density at radius 1 is 0.925 bits per heavy atom. The van der Waals surface area contributed by atoms with Crippen molar-refractivity contribution in [3.05, 3.63) is 111 Å². The Kier molecular flexibility index (Phi) is 11.0. The lowest BCUT2D eigenvalue weighted by Crippen LogP contribution is -2.33. The Bertz CT molecular complexity index is 1360. The summed E-state index contributed by atoms with van der Waals surface area (Å²) in [6, 6.07) is 24.3. The minimum absolute atomic E-state index is 0.0562. The topological polar surface area (TPSA) is 63.7 Å². The number of hydrogen-bond donors (Lipinski definition) is 1. The summed E-state index contributed by atoms with van der Waals surface area (Å²) in [6.45, 7) is 4.21. The molecule has 0 saturated carbocycles. The molecule has 1 N–H and O–H groups in total. The minimum atomic E-state index is -0.127. The van der Waals surface area contributed by atoms with Crippen molar-refractivity contribution in [2.75, 3.05) is 20.8 Å². The normalized spacial score (nSPS) is 11.8. The number of amides is 1. The van der Waals surface area contributed by atoms with Gasteiger partial charge >= 0.3 is 0 Å². The predicted octanol–water partition coefficient (Wildman–Crippen LogP) is 6.81. The number of carbonyl (C=O) groups excluding carboxylic acids is 1. The predicted molar refractivity (Wildman–Crippen MR) is 163 cm³/mol. The van der Waals surface area contributed by atoms with E-state index in [1.54, 1.807) is 14.2 Å². The third kappa shape index (κ3) is 8.81. The largest absolute Gasteiger partial charge is 0.493 e. The number of thiazole rings is 1. The summed E-state index contributed by atoms with van der Waals surface area (Å²) in [6.07, 6.45) is 2.62. The van der Waals surface area contributed by atoms with Crippen LogP contribution >= 0.6 is 22.9 Å². The van der Waals surface area contributed by atoms with Crippen LogP contribution in [0.15, 0.2) is 78.2 Å². The second kappa shape index (κ2) is 14.8. The van der Waals surface area contributed by atoms with Crippen LogP contribution in [0.4, 0.5) is 0 Å². The number of ether oxygens (including phenoxy) is 2. The van der Waals surface area contributed by atoms with Gasteiger partial charge in [-0.25, -0.2) is 4.98 Å². The zero-order chi connectivity index (χ0) is 28.3. The summed E-state index contributed by atoms with van der Waals surface area (Å²) < 4.78 is 10.9. The van der Waals surface area contributed by atoms with Crippen molar-refractivity contribution in [1.82, 2.24) is 15.2 Å². The van der Waals surface area contributed by atoms with Gasteiger partial charge in [0.1, 0.15) is 10.7 Å². The van der Waals surface area contributed by atoms with Crippen LogP contribution in [-0.2, 0) is 25.9 Å². The van der Waals surface area contributed by atoms with Gasteiger partial charge in [-0.3, -0.25) is 9.69 Å². The highest BCUT2D eigenvalue weighted by molar-refractivity contribution is 7.09. The van der Waals surface area contributed by atoms with Crippen molar-refractivity contribution in [3.8, 4) is 11.5 Å². The highest BCUT2D eigenvalue weighted by atomic mass is 35.5. The molecule has 0 bridgehead atoms. The van der Waals surface area contributed by atoms with Crippen molar-refractivity contribution in [2.45, 2.75) is 45.3 Å². The van der Waals surface area contributed by atoms with Crippen molar-refractivity contribution in [3.63, 3.8) is 0 Å². The fraction of sp³-hybridized carbons (Fsp3) is 0.312. The van der Waals surface area contributed by atoms with Crippen LogP contribution in [0.5, 0.6) is 11.5 Å². The first-order valence-electron chi connectivity index (χ1n) is 13.4. The van der Waals surface area contributed by atoms with Crippen molar-refractivity contribution >= 4 is 28.8 Å². The molecule has 0 spiro atoms. The van der Waals surface area contributed by atoms with Crippen LogP contribution in [0, 0.1) is 0 Å². The molecular weight excluding hydrogens is 542 g/mol. The molecule has 1 aromatic heterocycles. The molecule has 0 aliphatic rings. The van der Waals surface area contributed by atoms with Gasteiger partial charge in [0.05, 0.1) is 20.8 Å². The molecule has 0 radical (unpaired) electrons. The molecule has 1 atom stereocenters. The van der Waals surface area contributed by atoms with E-state index in [0.717, 1.165) is 48.7 Å². The van der Waals surface area contributed by atoms with Gasteiger partial charge in [-0.2, -0.15) is 0 Å². The molecule has 0 fully saturated rings. The van der Waals surface area contributed by atoms with Gasteiger partial charge in [-0.15, -0.1) is 11.3 Å². The zero-order valence-corrected chi connectivity index (χ0v) is 24.8. The van der Waals surface area contributed by atoms with Crippen LogP contribution < -0.4 is 14.8 Å². The standard InChI is InChI=1S/C32H36ClN3O3S/c1-23(9-10-24-7-5-4-6-8-24)34-32(37)28-22-40-31(35-28)21-36(20-26-11-14-27(33)15-12-26)18-17-25-13-16-29(38-2)30(19-25)39-3/h4-8,11-16,19,22-23H,9-10,17-18,20-21H2,1-3H3,(H,34,37). The molecule has 4 rings (SSSR count). The SMILES string of the molecule is COc1ccc(CCN(Cc2ccc(Cl)cc2)Cc2nc(C(=O)NC(C)CCc3ccccc3)cs2)cc1OC. The lowest BCUT2D eigenvalue weighted by molar-refractivity contribution is 0.0933. The third-order valence-electron chi connectivity index (χ3n) is 6.71. The molecule has 0 saturated heterocycles. The maximum absolute atomic E-state index is 12.9. The number of methoxy groups -OCH3 is 2. The molecule has 3 aromatic carbocycles. The molecule has 0 aliphatic heterocycles. The van der Waals surface area contributed by atoms with Crippen LogP contribution in [0.3, 0.4) is 0 Å². The van der Waals surface area contributed by atoms with E-state index in [2.05, 4.69) is 33.4 Å². The molecule has 6 nitrogen and oxygen atoms in total. The van der Waals surface area contributed by atoms with Gasteiger partial charge in [-0.05, 0) is 67.1 Å². The summed E-state index contributed by atoms with van der Waals surface area (Å²) >= 11 is 7.63. The second-order valence-electron chi connectivity index (χ2n) is 9.80. The molecule has 1 unspecified atom stereocenters. The quantitative estimate of drug-likeness (QED) is 0.178. The molecule has 1 heterocycles. The van der Waals surface area contributed by atoms with Gasteiger partial charge in [0.2, 0.25) is 0 Å². The lowest BCUT2D eigenvalue weighted by Gasteiger charge is -2.22. The Balaban J connectivity index is 1.38. The van der Waals surface area contributed by atoms with E-state index in [9.17, 15) is 4.79 Å². The molecule has 210 valence electrons. The summed E-state index contributed by atoms with van der Waals surface area (Å²) in [5, 5.41) is 6.58. The van der Waals surface area contributed by atoms with E-state index in [-0.39, 0.29) is 11.9 Å². The first-order chi connectivity index (χ1) is 19.4. The molecule has 0 aliphatic carbocycles. The Morgan fingerprint density at radius 3 is 2.38 bits per heavy atom. The van der Waals surface area contributed by atoms with Gasteiger partial charge in [-0.1, -0.05) is 60.1 Å². The van der Waals surface area contributed by atoms with Crippen LogP contribution in [-0.4, -0.2) is 42.6 Å². The number of aromatic nitrogens is 1. The second-order valence-corrected chi connectivity index (χ2v) is 11.2. The fourth-order valence-electron chi connectivity index (χ4n) is 4.46. The van der Waals surface area contributed by atoms with Gasteiger partial charge in [0.15, 0.2) is 11.5 Å². The average molecular weight is 578 g/mol.